The van der Waals surface area contributed by atoms with E-state index in [2.05, 4.69) is 74.3 Å². The molecule has 1 aliphatic rings. The van der Waals surface area contributed by atoms with E-state index in [0.29, 0.717) is 18.4 Å². The lowest BCUT2D eigenvalue weighted by Gasteiger charge is -2.43. The van der Waals surface area contributed by atoms with Crippen LogP contribution in [0, 0.1) is 0 Å². The number of rotatable bonds is 5. The maximum atomic E-state index is 15.9. The van der Waals surface area contributed by atoms with Crippen molar-refractivity contribution < 1.29 is 13.2 Å². The van der Waals surface area contributed by atoms with Crippen LogP contribution in [0.25, 0.3) is 0 Å². The van der Waals surface area contributed by atoms with Gasteiger partial charge < -0.3 is 8.85 Å². The van der Waals surface area contributed by atoms with Crippen molar-refractivity contribution in [1.29, 1.82) is 0 Å². The summed E-state index contributed by atoms with van der Waals surface area (Å²) < 4.78 is 28.6. The van der Waals surface area contributed by atoms with Gasteiger partial charge in [-0.1, -0.05) is 48.1 Å². The van der Waals surface area contributed by atoms with Gasteiger partial charge in [0.15, 0.2) is 22.3 Å². The van der Waals surface area contributed by atoms with E-state index < -0.39 is 28.4 Å². The van der Waals surface area contributed by atoms with Crippen LogP contribution in [0.15, 0.2) is 12.2 Å². The molecule has 1 fully saturated rings. The number of hydrogen-bond donors (Lipinski definition) is 0. The number of halogens is 1. The maximum absolute atomic E-state index is 15.9. The number of alkyl halides is 1. The van der Waals surface area contributed by atoms with Gasteiger partial charge in [-0.05, 0) is 54.7 Å². The van der Waals surface area contributed by atoms with E-state index in [1.807, 2.05) is 0 Å². The molecular formula is C19H39FO2Si2. The Morgan fingerprint density at radius 3 is 1.92 bits per heavy atom. The first kappa shape index (κ1) is 22.1. The molecule has 0 aromatic carbocycles. The lowest BCUT2D eigenvalue weighted by atomic mass is 10.00. The van der Waals surface area contributed by atoms with Gasteiger partial charge in [-0.25, -0.2) is 4.39 Å². The molecule has 1 rings (SSSR count). The predicted molar refractivity (Wildman–Crippen MR) is 107 cm³/mol. The third-order valence-corrected chi connectivity index (χ3v) is 15.5. The molecular weight excluding hydrogens is 335 g/mol. The Kier molecular flexibility index (Phi) is 6.10. The summed E-state index contributed by atoms with van der Waals surface area (Å²) in [5.41, 5.74) is -0.907. The molecule has 0 aromatic rings. The zero-order valence-electron chi connectivity index (χ0n) is 17.6. The molecule has 5 heteroatoms. The van der Waals surface area contributed by atoms with Crippen molar-refractivity contribution in [2.45, 2.75) is 102 Å². The smallest absolute Gasteiger partial charge is 0.192 e. The molecule has 0 unspecified atom stereocenters. The fraction of sp³-hybridized carbons (Fsp3) is 0.895. The van der Waals surface area contributed by atoms with Gasteiger partial charge in [0.2, 0.25) is 0 Å². The maximum Gasteiger partial charge on any atom is 0.192 e. The quantitative estimate of drug-likeness (QED) is 0.406. The highest BCUT2D eigenvalue weighted by Gasteiger charge is 2.53. The molecule has 0 amide bonds. The molecule has 2 atom stereocenters. The molecule has 2 nitrogen and oxygen atoms in total. The minimum absolute atomic E-state index is 0.0676. The van der Waals surface area contributed by atoms with Crippen LogP contribution in [0.2, 0.25) is 36.3 Å². The molecule has 0 spiro atoms. The van der Waals surface area contributed by atoms with Crippen LogP contribution in [0.5, 0.6) is 0 Å². The Balaban J connectivity index is 2.95. The second kappa shape index (κ2) is 6.64. The van der Waals surface area contributed by atoms with Gasteiger partial charge in [-0.2, -0.15) is 0 Å². The normalized spacial score (nSPS) is 27.0. The Morgan fingerprint density at radius 1 is 1.04 bits per heavy atom. The minimum Gasteiger partial charge on any atom is -0.413 e. The molecule has 1 aliphatic carbocycles. The third-order valence-electron chi connectivity index (χ3n) is 6.50. The van der Waals surface area contributed by atoms with Gasteiger partial charge in [-0.15, -0.1) is 0 Å². The molecule has 24 heavy (non-hydrogen) atoms. The number of hydrogen-bond acceptors (Lipinski definition) is 2. The fourth-order valence-corrected chi connectivity index (χ4v) is 4.72. The van der Waals surface area contributed by atoms with Gasteiger partial charge in [0, 0.05) is 0 Å². The standard InChI is InChI=1S/C19H39FO2Si2/c1-15-12-13-16(22-24(10,11)18(5,6)7)19(15,20)14-21-23(8,9)17(2,3)4/h16H,1,12-14H2,2-11H3/t16-,19+/m0/s1. The lowest BCUT2D eigenvalue weighted by Crippen LogP contribution is -2.52. The fourth-order valence-electron chi connectivity index (χ4n) is 2.35. The Bertz CT molecular complexity index is 475. The highest BCUT2D eigenvalue weighted by Crippen LogP contribution is 2.46. The SMILES string of the molecule is C=C1CC[C@H](O[Si](C)(C)C(C)(C)C)[C@@]1(F)CO[Si](C)(C)C(C)(C)C. The zero-order valence-corrected chi connectivity index (χ0v) is 19.6. The monoisotopic (exact) mass is 374 g/mol. The summed E-state index contributed by atoms with van der Waals surface area (Å²) in [6, 6.07) is 0. The molecule has 0 bridgehead atoms. The van der Waals surface area contributed by atoms with Gasteiger partial charge >= 0.3 is 0 Å². The molecule has 142 valence electrons. The molecule has 1 saturated carbocycles. The van der Waals surface area contributed by atoms with Crippen molar-refractivity contribution in [1.82, 2.24) is 0 Å². The Hall–Kier alpha value is 0.0238. The van der Waals surface area contributed by atoms with E-state index >= 15 is 4.39 Å². The van der Waals surface area contributed by atoms with Crippen molar-refractivity contribution in [2.24, 2.45) is 0 Å². The minimum atomic E-state index is -2.03. The highest BCUT2D eigenvalue weighted by molar-refractivity contribution is 6.74. The van der Waals surface area contributed by atoms with Gasteiger partial charge in [0.1, 0.15) is 0 Å². The summed E-state index contributed by atoms with van der Waals surface area (Å²) in [7, 11) is -4.02. The second-order valence-corrected chi connectivity index (χ2v) is 20.0. The van der Waals surface area contributed by atoms with Gasteiger partial charge in [0.05, 0.1) is 12.7 Å². The summed E-state index contributed by atoms with van der Waals surface area (Å²) in [4.78, 5) is 0. The molecule has 0 aromatic heterocycles. The average Bonchev–Trinajstić information content (AvgIpc) is 2.62. The average molecular weight is 375 g/mol. The summed E-state index contributed by atoms with van der Waals surface area (Å²) in [6.07, 6.45) is 0.981. The van der Waals surface area contributed by atoms with E-state index in [1.165, 1.54) is 0 Å². The van der Waals surface area contributed by atoms with Crippen LogP contribution in [0.1, 0.15) is 54.4 Å². The summed E-state index contributed by atoms with van der Waals surface area (Å²) >= 11 is 0. The largest absolute Gasteiger partial charge is 0.413 e. The second-order valence-electron chi connectivity index (χ2n) is 10.4. The van der Waals surface area contributed by atoms with Crippen LogP contribution < -0.4 is 0 Å². The Labute approximate surface area is 151 Å². The predicted octanol–water partition coefficient (Wildman–Crippen LogP) is 6.46. The molecule has 0 radical (unpaired) electrons. The third kappa shape index (κ3) is 4.40. The van der Waals surface area contributed by atoms with E-state index in [0.717, 1.165) is 0 Å². The highest BCUT2D eigenvalue weighted by atomic mass is 28.4. The van der Waals surface area contributed by atoms with Crippen LogP contribution >= 0.6 is 0 Å². The van der Waals surface area contributed by atoms with Gasteiger partial charge in [0.25, 0.3) is 0 Å². The summed E-state index contributed by atoms with van der Waals surface area (Å²) in [5.74, 6) is 0. The molecule has 0 N–H and O–H groups in total. The zero-order chi connectivity index (χ0) is 19.2. The molecule has 0 saturated heterocycles. The first-order valence-corrected chi connectivity index (χ1v) is 14.9. The van der Waals surface area contributed by atoms with Crippen molar-refractivity contribution in [2.75, 3.05) is 6.61 Å². The van der Waals surface area contributed by atoms with Crippen LogP contribution in [-0.2, 0) is 8.85 Å². The first-order chi connectivity index (χ1) is 10.4. The van der Waals surface area contributed by atoms with E-state index in [1.54, 1.807) is 0 Å². The van der Waals surface area contributed by atoms with E-state index in [4.69, 9.17) is 8.85 Å². The topological polar surface area (TPSA) is 18.5 Å². The van der Waals surface area contributed by atoms with Crippen LogP contribution in [-0.4, -0.2) is 35.0 Å². The van der Waals surface area contributed by atoms with Crippen molar-refractivity contribution >= 4 is 16.6 Å². The van der Waals surface area contributed by atoms with Crippen LogP contribution in [0.4, 0.5) is 4.39 Å². The summed E-state index contributed by atoms with van der Waals surface area (Å²) in [5, 5.41) is 0.136. The van der Waals surface area contributed by atoms with Crippen molar-refractivity contribution in [3.63, 3.8) is 0 Å². The molecule has 0 heterocycles. The molecule has 0 aliphatic heterocycles. The lowest BCUT2D eigenvalue weighted by molar-refractivity contribution is 0.00854. The van der Waals surface area contributed by atoms with E-state index in [9.17, 15) is 0 Å². The Morgan fingerprint density at radius 2 is 1.50 bits per heavy atom. The first-order valence-electron chi connectivity index (χ1n) is 9.13. The summed E-state index contributed by atoms with van der Waals surface area (Å²) in [6.45, 7) is 25.9. The van der Waals surface area contributed by atoms with Gasteiger partial charge in [-0.3, -0.25) is 0 Å². The van der Waals surface area contributed by atoms with Crippen LogP contribution in [0.3, 0.4) is 0 Å². The van der Waals surface area contributed by atoms with E-state index in [-0.39, 0.29) is 16.7 Å². The van der Waals surface area contributed by atoms with Crippen molar-refractivity contribution in [3.05, 3.63) is 12.2 Å². The van der Waals surface area contributed by atoms with Crippen molar-refractivity contribution in [3.8, 4) is 0 Å².